The van der Waals surface area contributed by atoms with Gasteiger partial charge >= 0.3 is 0 Å². The Bertz CT molecular complexity index is 771. The summed E-state index contributed by atoms with van der Waals surface area (Å²) in [6.07, 6.45) is 1.21. The van der Waals surface area contributed by atoms with Gasteiger partial charge in [-0.2, -0.15) is 4.31 Å². The van der Waals surface area contributed by atoms with Crippen molar-refractivity contribution in [3.05, 3.63) is 17.0 Å². The van der Waals surface area contributed by atoms with E-state index in [9.17, 15) is 18.0 Å². The predicted molar refractivity (Wildman–Crippen MR) is 96.2 cm³/mol. The van der Waals surface area contributed by atoms with E-state index < -0.39 is 16.1 Å². The molecule has 2 aliphatic rings. The van der Waals surface area contributed by atoms with Crippen molar-refractivity contribution in [3.8, 4) is 0 Å². The van der Waals surface area contributed by atoms with Gasteiger partial charge in [0.05, 0.1) is 19.8 Å². The fourth-order valence-electron chi connectivity index (χ4n) is 3.19. The molecule has 1 unspecified atom stereocenters. The van der Waals surface area contributed by atoms with Crippen molar-refractivity contribution in [2.75, 3.05) is 32.8 Å². The number of rotatable bonds is 5. The molecule has 1 aromatic rings. The van der Waals surface area contributed by atoms with E-state index in [2.05, 4.69) is 5.32 Å². The zero-order valence-electron chi connectivity index (χ0n) is 14.6. The minimum atomic E-state index is -3.73. The van der Waals surface area contributed by atoms with Crippen molar-refractivity contribution in [2.24, 2.45) is 0 Å². The Morgan fingerprint density at radius 1 is 1.27 bits per heavy atom. The predicted octanol–water partition coefficient (Wildman–Crippen LogP) is 0.396. The van der Waals surface area contributed by atoms with Crippen LogP contribution in [0.15, 0.2) is 16.3 Å². The topological polar surface area (TPSA) is 96.0 Å². The molecule has 144 valence electrons. The quantitative estimate of drug-likeness (QED) is 0.770. The minimum absolute atomic E-state index is 0.135. The summed E-state index contributed by atoms with van der Waals surface area (Å²) in [5, 5.41) is 2.66. The first kappa shape index (κ1) is 19.3. The Balaban J connectivity index is 1.75. The molecular weight excluding hydrogens is 378 g/mol. The van der Waals surface area contributed by atoms with Crippen molar-refractivity contribution in [3.63, 3.8) is 0 Å². The molecule has 2 saturated heterocycles. The first-order valence-corrected chi connectivity index (χ1v) is 10.9. The Morgan fingerprint density at radius 2 is 2.00 bits per heavy atom. The standard InChI is InChI=1S/C16H23N3O5S2/c1-12(20)17-11-13-4-5-15(25-13)26(22,23)19-6-2-3-14(19)16(21)18-7-9-24-10-8-18/h4-5,14H,2-3,6-11H2,1H3,(H,17,20). The second-order valence-corrected chi connectivity index (χ2v) is 9.63. The average molecular weight is 402 g/mol. The number of thiophene rings is 1. The third-order valence-corrected chi connectivity index (χ3v) is 7.98. The van der Waals surface area contributed by atoms with Crippen LogP contribution >= 0.6 is 11.3 Å². The maximum Gasteiger partial charge on any atom is 0.253 e. The Labute approximate surface area is 157 Å². The third-order valence-electron chi connectivity index (χ3n) is 4.52. The molecule has 0 saturated carbocycles. The van der Waals surface area contributed by atoms with Gasteiger partial charge in [0.25, 0.3) is 10.0 Å². The zero-order chi connectivity index (χ0) is 18.7. The van der Waals surface area contributed by atoms with Gasteiger partial charge in [-0.1, -0.05) is 0 Å². The smallest absolute Gasteiger partial charge is 0.253 e. The lowest BCUT2D eigenvalue weighted by Gasteiger charge is -2.32. The fraction of sp³-hybridized carbons (Fsp3) is 0.625. The second kappa shape index (κ2) is 8.03. The monoisotopic (exact) mass is 401 g/mol. The summed E-state index contributed by atoms with van der Waals surface area (Å²) in [6, 6.07) is 2.60. The highest BCUT2D eigenvalue weighted by atomic mass is 32.2. The van der Waals surface area contributed by atoms with E-state index in [0.717, 1.165) is 16.2 Å². The number of hydrogen-bond acceptors (Lipinski definition) is 6. The van der Waals surface area contributed by atoms with Crippen LogP contribution in [0.3, 0.4) is 0 Å². The van der Waals surface area contributed by atoms with E-state index in [1.807, 2.05) is 0 Å². The lowest BCUT2D eigenvalue weighted by atomic mass is 10.2. The number of carbonyl (C=O) groups excluding carboxylic acids is 2. The van der Waals surface area contributed by atoms with Gasteiger partial charge in [0.2, 0.25) is 11.8 Å². The molecule has 0 bridgehead atoms. The lowest BCUT2D eigenvalue weighted by molar-refractivity contribution is -0.138. The Kier molecular flexibility index (Phi) is 5.96. The van der Waals surface area contributed by atoms with Gasteiger partial charge in [0.15, 0.2) is 0 Å². The molecular formula is C16H23N3O5S2. The molecule has 2 amide bonds. The largest absolute Gasteiger partial charge is 0.378 e. The third kappa shape index (κ3) is 4.08. The highest BCUT2D eigenvalue weighted by Crippen LogP contribution is 2.31. The molecule has 0 aromatic carbocycles. The van der Waals surface area contributed by atoms with Crippen LogP contribution in [0.5, 0.6) is 0 Å². The molecule has 1 aromatic heterocycles. The van der Waals surface area contributed by atoms with Crippen molar-refractivity contribution >= 4 is 33.2 Å². The molecule has 1 atom stereocenters. The van der Waals surface area contributed by atoms with Crippen molar-refractivity contribution in [1.29, 1.82) is 0 Å². The van der Waals surface area contributed by atoms with E-state index in [1.165, 1.54) is 11.2 Å². The van der Waals surface area contributed by atoms with E-state index >= 15 is 0 Å². The van der Waals surface area contributed by atoms with Crippen LogP contribution in [-0.4, -0.2) is 68.3 Å². The number of nitrogens with one attached hydrogen (secondary N) is 1. The number of ether oxygens (including phenoxy) is 1. The van der Waals surface area contributed by atoms with Crippen LogP contribution in [0.4, 0.5) is 0 Å². The molecule has 26 heavy (non-hydrogen) atoms. The molecule has 2 aliphatic heterocycles. The van der Waals surface area contributed by atoms with Crippen LogP contribution in [0.25, 0.3) is 0 Å². The van der Waals surface area contributed by atoms with E-state index in [0.29, 0.717) is 52.2 Å². The number of amides is 2. The highest BCUT2D eigenvalue weighted by Gasteiger charge is 2.41. The van der Waals surface area contributed by atoms with Gasteiger partial charge in [0.1, 0.15) is 10.3 Å². The Hall–Kier alpha value is -1.49. The molecule has 0 aliphatic carbocycles. The molecule has 3 heterocycles. The van der Waals surface area contributed by atoms with Crippen LogP contribution in [0.2, 0.25) is 0 Å². The SMILES string of the molecule is CC(=O)NCc1ccc(S(=O)(=O)N2CCCC2C(=O)N2CCOCC2)s1. The first-order chi connectivity index (χ1) is 12.4. The molecule has 10 heteroatoms. The second-order valence-electron chi connectivity index (χ2n) is 6.34. The maximum absolute atomic E-state index is 13.0. The minimum Gasteiger partial charge on any atom is -0.378 e. The average Bonchev–Trinajstić information content (AvgIpc) is 3.30. The van der Waals surface area contributed by atoms with Crippen molar-refractivity contribution in [2.45, 2.75) is 36.6 Å². The summed E-state index contributed by atoms with van der Waals surface area (Å²) in [5.74, 6) is -0.303. The zero-order valence-corrected chi connectivity index (χ0v) is 16.3. The molecule has 0 spiro atoms. The van der Waals surface area contributed by atoms with Gasteiger partial charge < -0.3 is 15.0 Å². The van der Waals surface area contributed by atoms with E-state index in [4.69, 9.17) is 4.74 Å². The molecule has 2 fully saturated rings. The molecule has 1 N–H and O–H groups in total. The van der Waals surface area contributed by atoms with Crippen LogP contribution < -0.4 is 5.32 Å². The number of nitrogens with zero attached hydrogens (tertiary/aromatic N) is 2. The summed E-state index contributed by atoms with van der Waals surface area (Å²) in [7, 11) is -3.73. The molecule has 0 radical (unpaired) electrons. The van der Waals surface area contributed by atoms with Crippen LogP contribution in [-0.2, 0) is 30.9 Å². The number of sulfonamides is 1. The summed E-state index contributed by atoms with van der Waals surface area (Å²) < 4.78 is 32.9. The van der Waals surface area contributed by atoms with Gasteiger partial charge in [-0.15, -0.1) is 11.3 Å². The van der Waals surface area contributed by atoms with E-state index in [1.54, 1.807) is 17.0 Å². The lowest BCUT2D eigenvalue weighted by Crippen LogP contribution is -2.50. The van der Waals surface area contributed by atoms with Crippen molar-refractivity contribution < 1.29 is 22.7 Å². The van der Waals surface area contributed by atoms with Gasteiger partial charge in [-0.05, 0) is 25.0 Å². The van der Waals surface area contributed by atoms with Crippen LogP contribution in [0, 0.1) is 0 Å². The van der Waals surface area contributed by atoms with E-state index in [-0.39, 0.29) is 16.0 Å². The van der Waals surface area contributed by atoms with Crippen LogP contribution in [0.1, 0.15) is 24.6 Å². The normalized spacial score (nSPS) is 21.7. The van der Waals surface area contributed by atoms with Gasteiger partial charge in [-0.25, -0.2) is 8.42 Å². The first-order valence-electron chi connectivity index (χ1n) is 8.61. The summed E-state index contributed by atoms with van der Waals surface area (Å²) >= 11 is 1.13. The summed E-state index contributed by atoms with van der Waals surface area (Å²) in [6.45, 7) is 4.04. The Morgan fingerprint density at radius 3 is 2.69 bits per heavy atom. The molecule has 3 rings (SSSR count). The highest BCUT2D eigenvalue weighted by molar-refractivity contribution is 7.91. The van der Waals surface area contributed by atoms with Crippen molar-refractivity contribution in [1.82, 2.24) is 14.5 Å². The summed E-state index contributed by atoms with van der Waals surface area (Å²) in [4.78, 5) is 26.3. The molecule has 8 nitrogen and oxygen atoms in total. The summed E-state index contributed by atoms with van der Waals surface area (Å²) in [5.41, 5.74) is 0. The maximum atomic E-state index is 13.0. The van der Waals surface area contributed by atoms with Gasteiger partial charge in [0, 0.05) is 31.4 Å². The number of carbonyl (C=O) groups is 2. The number of hydrogen-bond donors (Lipinski definition) is 1. The fourth-order valence-corrected chi connectivity index (χ4v) is 6.26. The number of morpholine rings is 1. The van der Waals surface area contributed by atoms with Gasteiger partial charge in [-0.3, -0.25) is 9.59 Å².